The van der Waals surface area contributed by atoms with Gasteiger partial charge in [0.05, 0.1) is 7.11 Å². The Morgan fingerprint density at radius 3 is 2.53 bits per heavy atom. The van der Waals surface area contributed by atoms with E-state index in [-0.39, 0.29) is 0 Å². The van der Waals surface area contributed by atoms with Crippen LogP contribution in [0.25, 0.3) is 11.1 Å². The summed E-state index contributed by atoms with van der Waals surface area (Å²) in [5.41, 5.74) is 4.96. The van der Waals surface area contributed by atoms with Gasteiger partial charge in [0.2, 0.25) is 0 Å². The lowest BCUT2D eigenvalue weighted by Gasteiger charge is -2.06. The van der Waals surface area contributed by atoms with E-state index in [1.165, 1.54) is 22.4 Å². The summed E-state index contributed by atoms with van der Waals surface area (Å²) in [4.78, 5) is 0. The van der Waals surface area contributed by atoms with Gasteiger partial charge >= 0.3 is 0 Å². The molecule has 3 rings (SSSR count). The summed E-state index contributed by atoms with van der Waals surface area (Å²) in [7, 11) is 1.68. The molecule has 2 aromatic rings. The van der Waals surface area contributed by atoms with E-state index in [4.69, 9.17) is 4.74 Å². The van der Waals surface area contributed by atoms with Gasteiger partial charge in [-0.3, -0.25) is 0 Å². The highest BCUT2D eigenvalue weighted by atomic mass is 16.5. The summed E-state index contributed by atoms with van der Waals surface area (Å²) in [5.74, 6) is 0.890. The topological polar surface area (TPSA) is 21.3 Å². The summed E-state index contributed by atoms with van der Waals surface area (Å²) in [6.07, 6.45) is 2.20. The van der Waals surface area contributed by atoms with E-state index in [1.807, 2.05) is 12.1 Å². The molecule has 0 fully saturated rings. The first-order valence-corrected chi connectivity index (χ1v) is 5.72. The zero-order valence-electron chi connectivity index (χ0n) is 9.73. The van der Waals surface area contributed by atoms with E-state index in [9.17, 15) is 0 Å². The first kappa shape index (κ1) is 10.2. The minimum Gasteiger partial charge on any atom is -0.497 e. The van der Waals surface area contributed by atoms with E-state index in [1.54, 1.807) is 7.11 Å². The van der Waals surface area contributed by atoms with Crippen molar-refractivity contribution in [2.45, 2.75) is 0 Å². The highest BCUT2D eigenvalue weighted by molar-refractivity contribution is 5.73. The van der Waals surface area contributed by atoms with Crippen LogP contribution in [0.5, 0.6) is 5.75 Å². The summed E-state index contributed by atoms with van der Waals surface area (Å²) >= 11 is 0. The molecule has 0 saturated heterocycles. The van der Waals surface area contributed by atoms with Gasteiger partial charge in [0.1, 0.15) is 5.75 Å². The summed E-state index contributed by atoms with van der Waals surface area (Å²) < 4.78 is 5.16. The predicted molar refractivity (Wildman–Crippen MR) is 70.3 cm³/mol. The number of benzene rings is 2. The van der Waals surface area contributed by atoms with E-state index in [2.05, 4.69) is 42.1 Å². The van der Waals surface area contributed by atoms with Crippen LogP contribution < -0.4 is 10.1 Å². The number of ether oxygens (including phenoxy) is 1. The Hall–Kier alpha value is -1.96. The Morgan fingerprint density at radius 2 is 1.76 bits per heavy atom. The minimum absolute atomic E-state index is 0.890. The molecule has 85 valence electrons. The Bertz CT molecular complexity index is 531. The number of methoxy groups -OCH3 is 1. The largest absolute Gasteiger partial charge is 0.497 e. The van der Waals surface area contributed by atoms with Gasteiger partial charge in [0, 0.05) is 18.7 Å². The second-order valence-corrected chi connectivity index (χ2v) is 4.12. The van der Waals surface area contributed by atoms with Crippen LogP contribution in [-0.4, -0.2) is 13.7 Å². The lowest BCUT2D eigenvalue weighted by Crippen LogP contribution is -1.90. The quantitative estimate of drug-likeness (QED) is 0.844. The van der Waals surface area contributed by atoms with Crippen molar-refractivity contribution >= 4 is 5.69 Å². The van der Waals surface area contributed by atoms with Crippen LogP contribution >= 0.6 is 0 Å². The molecule has 17 heavy (non-hydrogen) atoms. The van der Waals surface area contributed by atoms with Crippen molar-refractivity contribution < 1.29 is 4.74 Å². The molecule has 0 aliphatic carbocycles. The van der Waals surface area contributed by atoms with Gasteiger partial charge in [-0.25, -0.2) is 0 Å². The minimum atomic E-state index is 0.890. The number of anilines is 1. The molecular formula is C15H14NO. The van der Waals surface area contributed by atoms with E-state index in [0.717, 1.165) is 12.3 Å². The van der Waals surface area contributed by atoms with Crippen LogP contribution in [-0.2, 0) is 0 Å². The van der Waals surface area contributed by atoms with Crippen molar-refractivity contribution in [1.29, 1.82) is 0 Å². The monoisotopic (exact) mass is 224 g/mol. The third-order valence-corrected chi connectivity index (χ3v) is 3.09. The van der Waals surface area contributed by atoms with E-state index in [0.29, 0.717) is 0 Å². The van der Waals surface area contributed by atoms with Crippen LogP contribution in [0.1, 0.15) is 5.56 Å². The number of rotatable bonds is 2. The highest BCUT2D eigenvalue weighted by Gasteiger charge is 2.10. The first-order valence-electron chi connectivity index (χ1n) is 5.72. The number of hydrogen-bond donors (Lipinski definition) is 1. The predicted octanol–water partition coefficient (Wildman–Crippen LogP) is 3.34. The normalized spacial score (nSPS) is 13.0. The molecule has 0 atom stereocenters. The van der Waals surface area contributed by atoms with Crippen molar-refractivity contribution in [3.05, 3.63) is 54.4 Å². The summed E-state index contributed by atoms with van der Waals surface area (Å²) in [6.45, 7) is 0.932. The highest BCUT2D eigenvalue weighted by Crippen LogP contribution is 2.30. The maximum atomic E-state index is 5.16. The molecule has 1 N–H and O–H groups in total. The molecule has 2 nitrogen and oxygen atoms in total. The average Bonchev–Trinajstić information content (AvgIpc) is 2.86. The Balaban J connectivity index is 1.97. The third kappa shape index (κ3) is 1.86. The second-order valence-electron chi connectivity index (χ2n) is 4.12. The van der Waals surface area contributed by atoms with Gasteiger partial charge in [-0.05, 0) is 34.9 Å². The lowest BCUT2D eigenvalue weighted by atomic mass is 10.0. The van der Waals surface area contributed by atoms with E-state index < -0.39 is 0 Å². The van der Waals surface area contributed by atoms with Gasteiger partial charge in [0.15, 0.2) is 0 Å². The third-order valence-electron chi connectivity index (χ3n) is 3.09. The fraction of sp³-hybridized carbons (Fsp3) is 0.133. The fourth-order valence-corrected chi connectivity index (χ4v) is 2.12. The van der Waals surface area contributed by atoms with Gasteiger partial charge in [0.25, 0.3) is 0 Å². The molecule has 1 radical (unpaired) electrons. The molecular weight excluding hydrogens is 210 g/mol. The van der Waals surface area contributed by atoms with Gasteiger partial charge in [-0.15, -0.1) is 0 Å². The molecule has 1 heterocycles. The van der Waals surface area contributed by atoms with Gasteiger partial charge in [-0.2, -0.15) is 0 Å². The molecule has 0 amide bonds. The van der Waals surface area contributed by atoms with Crippen molar-refractivity contribution in [3.63, 3.8) is 0 Å². The molecule has 0 spiro atoms. The molecule has 1 aliphatic rings. The number of nitrogens with one attached hydrogen (secondary N) is 1. The Kier molecular flexibility index (Phi) is 2.48. The summed E-state index contributed by atoms with van der Waals surface area (Å²) in [6, 6.07) is 14.7. The molecule has 0 bridgehead atoms. The Morgan fingerprint density at radius 1 is 1.00 bits per heavy atom. The molecule has 0 aromatic heterocycles. The zero-order chi connectivity index (χ0) is 11.7. The van der Waals surface area contributed by atoms with E-state index >= 15 is 0 Å². The van der Waals surface area contributed by atoms with Crippen LogP contribution in [0.3, 0.4) is 0 Å². The zero-order valence-corrected chi connectivity index (χ0v) is 9.73. The molecule has 0 unspecified atom stereocenters. The van der Waals surface area contributed by atoms with Crippen molar-refractivity contribution in [1.82, 2.24) is 0 Å². The lowest BCUT2D eigenvalue weighted by molar-refractivity contribution is 0.415. The Labute approximate surface area is 101 Å². The van der Waals surface area contributed by atoms with Crippen molar-refractivity contribution in [3.8, 4) is 16.9 Å². The maximum Gasteiger partial charge on any atom is 0.118 e. The average molecular weight is 224 g/mol. The molecule has 1 aliphatic heterocycles. The molecule has 2 aromatic carbocycles. The first-order chi connectivity index (χ1) is 8.36. The molecule has 0 saturated carbocycles. The maximum absolute atomic E-state index is 5.16. The van der Waals surface area contributed by atoms with Gasteiger partial charge < -0.3 is 10.1 Å². The van der Waals surface area contributed by atoms with Crippen molar-refractivity contribution in [2.24, 2.45) is 0 Å². The fourth-order valence-electron chi connectivity index (χ4n) is 2.12. The SMILES string of the molecule is COc1ccc(-c2ccc3c(c2)NC[CH]3)cc1. The number of fused-ring (bicyclic) bond motifs is 1. The summed E-state index contributed by atoms with van der Waals surface area (Å²) in [5, 5.41) is 3.35. The van der Waals surface area contributed by atoms with Crippen LogP contribution in [0, 0.1) is 6.42 Å². The van der Waals surface area contributed by atoms with Crippen LogP contribution in [0.2, 0.25) is 0 Å². The van der Waals surface area contributed by atoms with Crippen LogP contribution in [0.15, 0.2) is 42.5 Å². The standard InChI is InChI=1S/C15H14NO/c1-17-14-6-4-11(5-7-14)13-3-2-12-8-9-16-15(12)10-13/h2-8,10,16H,9H2,1H3. The van der Waals surface area contributed by atoms with Crippen LogP contribution in [0.4, 0.5) is 5.69 Å². The smallest absolute Gasteiger partial charge is 0.118 e. The van der Waals surface area contributed by atoms with Crippen molar-refractivity contribution in [2.75, 3.05) is 19.0 Å². The van der Waals surface area contributed by atoms with Gasteiger partial charge in [-0.1, -0.05) is 24.3 Å². The molecule has 2 heteroatoms. The second kappa shape index (κ2) is 4.13. The number of hydrogen-bond acceptors (Lipinski definition) is 2.